The van der Waals surface area contributed by atoms with Crippen molar-refractivity contribution in [1.82, 2.24) is 9.88 Å². The predicted octanol–water partition coefficient (Wildman–Crippen LogP) is 3.84. The van der Waals surface area contributed by atoms with E-state index < -0.39 is 11.6 Å². The summed E-state index contributed by atoms with van der Waals surface area (Å²) in [5.74, 6) is -1.19. The molecule has 5 heteroatoms. The highest BCUT2D eigenvalue weighted by molar-refractivity contribution is 5.94. The van der Waals surface area contributed by atoms with Gasteiger partial charge in [0.25, 0.3) is 5.91 Å². The molecule has 24 heavy (non-hydrogen) atoms. The van der Waals surface area contributed by atoms with Crippen LogP contribution in [0.3, 0.4) is 0 Å². The molecule has 3 rings (SSSR count). The van der Waals surface area contributed by atoms with Gasteiger partial charge in [-0.3, -0.25) is 9.78 Å². The summed E-state index contributed by atoms with van der Waals surface area (Å²) in [6.45, 7) is 1.48. The Kier molecular flexibility index (Phi) is 5.18. The van der Waals surface area contributed by atoms with Crippen LogP contribution in [-0.2, 0) is 6.42 Å². The molecule has 0 radical (unpaired) electrons. The minimum Gasteiger partial charge on any atom is -0.338 e. The largest absolute Gasteiger partial charge is 0.338 e. The average Bonchev–Trinajstić information content (AvgIpc) is 2.63. The van der Waals surface area contributed by atoms with Crippen LogP contribution in [0.15, 0.2) is 42.7 Å². The Bertz CT molecular complexity index is 706. The smallest absolute Gasteiger partial charge is 0.253 e. The standard InChI is InChI=1S/C19H20F2N2O/c20-17-6-5-14(12-18(17)21)3-4-15-2-1-11-23(13-15)19(24)16-7-9-22-10-8-16/h5-10,12,15H,1-4,11,13H2. The van der Waals surface area contributed by atoms with E-state index in [1.54, 1.807) is 30.6 Å². The molecule has 1 saturated heterocycles. The van der Waals surface area contributed by atoms with Gasteiger partial charge in [-0.15, -0.1) is 0 Å². The Hall–Kier alpha value is -2.30. The first-order valence-corrected chi connectivity index (χ1v) is 8.26. The van der Waals surface area contributed by atoms with Crippen LogP contribution in [-0.4, -0.2) is 28.9 Å². The summed E-state index contributed by atoms with van der Waals surface area (Å²) < 4.78 is 26.2. The van der Waals surface area contributed by atoms with Gasteiger partial charge in [-0.25, -0.2) is 8.78 Å². The number of halogens is 2. The first kappa shape index (κ1) is 16.6. The maximum atomic E-state index is 13.3. The number of piperidine rings is 1. The summed E-state index contributed by atoms with van der Waals surface area (Å²) in [6.07, 6.45) is 6.84. The number of aromatic nitrogens is 1. The molecule has 1 unspecified atom stereocenters. The first-order chi connectivity index (χ1) is 11.6. The molecule has 1 amide bonds. The van der Waals surface area contributed by atoms with Gasteiger partial charge in [0, 0.05) is 31.0 Å². The average molecular weight is 330 g/mol. The topological polar surface area (TPSA) is 33.2 Å². The van der Waals surface area contributed by atoms with Crippen molar-refractivity contribution in [3.05, 3.63) is 65.5 Å². The van der Waals surface area contributed by atoms with E-state index in [0.717, 1.165) is 31.4 Å². The number of hydrogen-bond donors (Lipinski definition) is 0. The van der Waals surface area contributed by atoms with E-state index in [4.69, 9.17) is 0 Å². The molecule has 2 aromatic rings. The Labute approximate surface area is 140 Å². The molecule has 126 valence electrons. The van der Waals surface area contributed by atoms with Crippen molar-refractivity contribution in [1.29, 1.82) is 0 Å². The third-order valence-electron chi connectivity index (χ3n) is 4.56. The van der Waals surface area contributed by atoms with Gasteiger partial charge in [-0.2, -0.15) is 0 Å². The van der Waals surface area contributed by atoms with Gasteiger partial charge < -0.3 is 4.90 Å². The molecule has 1 fully saturated rings. The SMILES string of the molecule is O=C(c1ccncc1)N1CCCC(CCc2ccc(F)c(F)c2)C1. The molecule has 1 atom stereocenters. The van der Waals surface area contributed by atoms with Crippen molar-refractivity contribution in [2.24, 2.45) is 5.92 Å². The lowest BCUT2D eigenvalue weighted by molar-refractivity contribution is 0.0668. The van der Waals surface area contributed by atoms with Crippen LogP contribution in [0.1, 0.15) is 35.2 Å². The summed E-state index contributed by atoms with van der Waals surface area (Å²) in [6, 6.07) is 7.52. The highest BCUT2D eigenvalue weighted by Crippen LogP contribution is 2.23. The van der Waals surface area contributed by atoms with E-state index in [2.05, 4.69) is 4.98 Å². The van der Waals surface area contributed by atoms with Gasteiger partial charge in [0.2, 0.25) is 0 Å². The molecule has 1 aromatic heterocycles. The van der Waals surface area contributed by atoms with E-state index in [9.17, 15) is 13.6 Å². The fourth-order valence-corrected chi connectivity index (χ4v) is 3.23. The van der Waals surface area contributed by atoms with Crippen LogP contribution < -0.4 is 0 Å². The summed E-state index contributed by atoms with van der Waals surface area (Å²) in [5, 5.41) is 0. The molecule has 0 bridgehead atoms. The predicted molar refractivity (Wildman–Crippen MR) is 87.5 cm³/mol. The monoisotopic (exact) mass is 330 g/mol. The third-order valence-corrected chi connectivity index (χ3v) is 4.56. The number of nitrogens with zero attached hydrogens (tertiary/aromatic N) is 2. The second-order valence-corrected chi connectivity index (χ2v) is 6.28. The van der Waals surface area contributed by atoms with Crippen molar-refractivity contribution in [2.45, 2.75) is 25.7 Å². The quantitative estimate of drug-likeness (QED) is 0.853. The van der Waals surface area contributed by atoms with E-state index in [1.807, 2.05) is 4.90 Å². The minimum atomic E-state index is -0.814. The fraction of sp³-hybridized carbons (Fsp3) is 0.368. The molecule has 2 heterocycles. The van der Waals surface area contributed by atoms with Crippen molar-refractivity contribution in [3.8, 4) is 0 Å². The van der Waals surface area contributed by atoms with Gasteiger partial charge in [-0.1, -0.05) is 6.07 Å². The molecular weight excluding hydrogens is 310 g/mol. The zero-order valence-corrected chi connectivity index (χ0v) is 13.4. The van der Waals surface area contributed by atoms with Gasteiger partial charge in [0.1, 0.15) is 0 Å². The van der Waals surface area contributed by atoms with Gasteiger partial charge in [-0.05, 0) is 61.4 Å². The molecule has 0 aliphatic carbocycles. The highest BCUT2D eigenvalue weighted by atomic mass is 19.2. The van der Waals surface area contributed by atoms with Crippen molar-refractivity contribution in [2.75, 3.05) is 13.1 Å². The second-order valence-electron chi connectivity index (χ2n) is 6.28. The van der Waals surface area contributed by atoms with Gasteiger partial charge in [0.05, 0.1) is 0 Å². The fourth-order valence-electron chi connectivity index (χ4n) is 3.23. The third kappa shape index (κ3) is 3.96. The number of hydrogen-bond acceptors (Lipinski definition) is 2. The number of amides is 1. The molecular formula is C19H20F2N2O. The van der Waals surface area contributed by atoms with Crippen molar-refractivity contribution < 1.29 is 13.6 Å². The van der Waals surface area contributed by atoms with Crippen LogP contribution in [0.5, 0.6) is 0 Å². The number of benzene rings is 1. The van der Waals surface area contributed by atoms with Gasteiger partial charge in [0.15, 0.2) is 11.6 Å². The van der Waals surface area contributed by atoms with Crippen LogP contribution in [0.4, 0.5) is 8.78 Å². The Morgan fingerprint density at radius 2 is 1.96 bits per heavy atom. The number of carbonyl (C=O) groups is 1. The molecule has 1 aromatic carbocycles. The highest BCUT2D eigenvalue weighted by Gasteiger charge is 2.24. The van der Waals surface area contributed by atoms with Crippen molar-refractivity contribution in [3.63, 3.8) is 0 Å². The van der Waals surface area contributed by atoms with E-state index in [1.165, 1.54) is 12.1 Å². The number of likely N-dealkylation sites (tertiary alicyclic amines) is 1. The summed E-state index contributed by atoms with van der Waals surface area (Å²) >= 11 is 0. The van der Waals surface area contributed by atoms with Gasteiger partial charge >= 0.3 is 0 Å². The molecule has 0 saturated carbocycles. The number of aryl methyl sites for hydroxylation is 1. The zero-order valence-electron chi connectivity index (χ0n) is 13.4. The lowest BCUT2D eigenvalue weighted by atomic mass is 9.91. The summed E-state index contributed by atoms with van der Waals surface area (Å²) in [4.78, 5) is 18.3. The first-order valence-electron chi connectivity index (χ1n) is 8.26. The molecule has 0 spiro atoms. The summed E-state index contributed by atoms with van der Waals surface area (Å²) in [5.41, 5.74) is 1.46. The van der Waals surface area contributed by atoms with E-state index >= 15 is 0 Å². The maximum absolute atomic E-state index is 13.3. The molecule has 1 aliphatic heterocycles. The molecule has 0 N–H and O–H groups in total. The molecule has 3 nitrogen and oxygen atoms in total. The lowest BCUT2D eigenvalue weighted by Crippen LogP contribution is -2.40. The van der Waals surface area contributed by atoms with Crippen LogP contribution in [0, 0.1) is 17.6 Å². The number of pyridine rings is 1. The van der Waals surface area contributed by atoms with E-state index in [0.29, 0.717) is 24.4 Å². The number of carbonyl (C=O) groups excluding carboxylic acids is 1. The van der Waals surface area contributed by atoms with Crippen LogP contribution in [0.25, 0.3) is 0 Å². The van der Waals surface area contributed by atoms with Crippen LogP contribution in [0.2, 0.25) is 0 Å². The second kappa shape index (κ2) is 7.51. The Morgan fingerprint density at radius 1 is 1.17 bits per heavy atom. The summed E-state index contributed by atoms with van der Waals surface area (Å²) in [7, 11) is 0. The van der Waals surface area contributed by atoms with Crippen molar-refractivity contribution >= 4 is 5.91 Å². The zero-order chi connectivity index (χ0) is 16.9. The molecule has 1 aliphatic rings. The van der Waals surface area contributed by atoms with Crippen LogP contribution >= 0.6 is 0 Å². The normalized spacial score (nSPS) is 17.8. The Balaban J connectivity index is 1.57. The minimum absolute atomic E-state index is 0.0370. The van der Waals surface area contributed by atoms with E-state index in [-0.39, 0.29) is 5.91 Å². The lowest BCUT2D eigenvalue weighted by Gasteiger charge is -2.33. The maximum Gasteiger partial charge on any atom is 0.253 e. The Morgan fingerprint density at radius 3 is 2.71 bits per heavy atom. The number of rotatable bonds is 4.